The quantitative estimate of drug-likeness (QED) is 0.849. The third-order valence-corrected chi connectivity index (χ3v) is 4.71. The lowest BCUT2D eigenvalue weighted by atomic mass is 10.2. The molecule has 5 heteroatoms. The number of amides is 1. The van der Waals surface area contributed by atoms with Crippen molar-refractivity contribution in [1.82, 2.24) is 9.80 Å². The van der Waals surface area contributed by atoms with Crippen LogP contribution in [0.15, 0.2) is 24.3 Å². The fraction of sp³-hybridized carbons (Fsp3) is 0.632. The van der Waals surface area contributed by atoms with E-state index < -0.39 is 0 Å². The average Bonchev–Trinajstić information content (AvgIpc) is 2.99. The molecule has 0 spiro atoms. The van der Waals surface area contributed by atoms with Gasteiger partial charge in [0.1, 0.15) is 5.75 Å². The molecule has 1 atom stereocenters. The molecular weight excluding hydrogens is 304 g/mol. The molecule has 2 aliphatic rings. The molecule has 0 saturated carbocycles. The van der Waals surface area contributed by atoms with Gasteiger partial charge < -0.3 is 14.4 Å². The van der Waals surface area contributed by atoms with E-state index in [0.29, 0.717) is 6.04 Å². The van der Waals surface area contributed by atoms with Crippen molar-refractivity contribution in [2.75, 3.05) is 39.4 Å². The van der Waals surface area contributed by atoms with Gasteiger partial charge >= 0.3 is 0 Å². The molecule has 3 rings (SSSR count). The summed E-state index contributed by atoms with van der Waals surface area (Å²) in [6.45, 7) is 9.31. The Balaban J connectivity index is 1.58. The third kappa shape index (κ3) is 4.28. The van der Waals surface area contributed by atoms with Gasteiger partial charge in [0.05, 0.1) is 12.7 Å². The summed E-state index contributed by atoms with van der Waals surface area (Å²) in [7, 11) is 0. The Bertz CT molecular complexity index is 538. The van der Waals surface area contributed by atoms with Gasteiger partial charge in [-0.15, -0.1) is 0 Å². The molecule has 2 heterocycles. The highest BCUT2D eigenvalue weighted by Gasteiger charge is 2.27. The van der Waals surface area contributed by atoms with Gasteiger partial charge in [0, 0.05) is 44.4 Å². The molecule has 0 aliphatic carbocycles. The summed E-state index contributed by atoms with van der Waals surface area (Å²) in [6.07, 6.45) is 2.28. The highest BCUT2D eigenvalue weighted by atomic mass is 16.5. The van der Waals surface area contributed by atoms with E-state index in [2.05, 4.69) is 4.90 Å². The van der Waals surface area contributed by atoms with Crippen LogP contribution >= 0.6 is 0 Å². The Kier molecular flexibility index (Phi) is 5.74. The second-order valence-corrected chi connectivity index (χ2v) is 6.89. The van der Waals surface area contributed by atoms with Gasteiger partial charge in [-0.25, -0.2) is 0 Å². The number of benzene rings is 1. The molecule has 1 amide bonds. The highest BCUT2D eigenvalue weighted by Crippen LogP contribution is 2.18. The monoisotopic (exact) mass is 332 g/mol. The van der Waals surface area contributed by atoms with Gasteiger partial charge in [-0.1, -0.05) is 0 Å². The van der Waals surface area contributed by atoms with Crippen molar-refractivity contribution in [1.29, 1.82) is 0 Å². The maximum atomic E-state index is 12.8. The van der Waals surface area contributed by atoms with Gasteiger partial charge in [0.15, 0.2) is 0 Å². The largest absolute Gasteiger partial charge is 0.491 e. The molecule has 132 valence electrons. The van der Waals surface area contributed by atoms with Crippen molar-refractivity contribution in [2.45, 2.75) is 38.8 Å². The number of nitrogens with zero attached hydrogens (tertiary/aromatic N) is 2. The molecule has 1 unspecified atom stereocenters. The lowest BCUT2D eigenvalue weighted by Crippen LogP contribution is -2.39. The summed E-state index contributed by atoms with van der Waals surface area (Å²) in [5, 5.41) is 0. The predicted octanol–water partition coefficient (Wildman–Crippen LogP) is 2.41. The van der Waals surface area contributed by atoms with Crippen LogP contribution < -0.4 is 4.74 Å². The summed E-state index contributed by atoms with van der Waals surface area (Å²) in [5.74, 6) is 0.931. The molecule has 2 fully saturated rings. The van der Waals surface area contributed by atoms with Crippen molar-refractivity contribution in [3.8, 4) is 5.75 Å². The van der Waals surface area contributed by atoms with Crippen LogP contribution in [0.3, 0.4) is 0 Å². The first kappa shape index (κ1) is 17.2. The Hall–Kier alpha value is -1.59. The van der Waals surface area contributed by atoms with Gasteiger partial charge in [0.2, 0.25) is 0 Å². The first-order valence-corrected chi connectivity index (χ1v) is 9.01. The second kappa shape index (κ2) is 7.99. The van der Waals surface area contributed by atoms with E-state index in [1.54, 1.807) is 0 Å². The van der Waals surface area contributed by atoms with Crippen molar-refractivity contribution in [3.05, 3.63) is 29.8 Å². The highest BCUT2D eigenvalue weighted by molar-refractivity contribution is 5.94. The topological polar surface area (TPSA) is 42.0 Å². The van der Waals surface area contributed by atoms with E-state index in [4.69, 9.17) is 9.47 Å². The Morgan fingerprint density at radius 3 is 2.62 bits per heavy atom. The minimum absolute atomic E-state index is 0.121. The molecule has 0 bridgehead atoms. The first-order chi connectivity index (χ1) is 11.6. The molecule has 1 aromatic rings. The maximum Gasteiger partial charge on any atom is 0.253 e. The summed E-state index contributed by atoms with van der Waals surface area (Å²) in [5.41, 5.74) is 0.740. The molecule has 24 heavy (non-hydrogen) atoms. The summed E-state index contributed by atoms with van der Waals surface area (Å²) < 4.78 is 11.1. The number of ether oxygens (including phenoxy) is 2. The molecule has 0 radical (unpaired) electrons. The first-order valence-electron chi connectivity index (χ1n) is 9.01. The zero-order valence-electron chi connectivity index (χ0n) is 14.7. The lowest BCUT2D eigenvalue weighted by Gasteiger charge is -2.26. The smallest absolute Gasteiger partial charge is 0.253 e. The van der Waals surface area contributed by atoms with Crippen LogP contribution in [-0.2, 0) is 4.74 Å². The summed E-state index contributed by atoms with van der Waals surface area (Å²) >= 11 is 0. The van der Waals surface area contributed by atoms with Crippen molar-refractivity contribution < 1.29 is 14.3 Å². The van der Waals surface area contributed by atoms with Crippen molar-refractivity contribution >= 4 is 5.91 Å². The Labute approximate surface area is 144 Å². The fourth-order valence-corrected chi connectivity index (χ4v) is 3.45. The molecule has 2 aliphatic heterocycles. The summed E-state index contributed by atoms with van der Waals surface area (Å²) in [4.78, 5) is 17.2. The minimum Gasteiger partial charge on any atom is -0.491 e. The number of hydrogen-bond acceptors (Lipinski definition) is 4. The van der Waals surface area contributed by atoms with Crippen LogP contribution in [0.5, 0.6) is 5.75 Å². The SMILES string of the molecule is CC(C)Oc1ccc(C(=O)N2CCCN(C3CCOC3)CC2)cc1. The van der Waals surface area contributed by atoms with Crippen molar-refractivity contribution in [2.24, 2.45) is 0 Å². The van der Waals surface area contributed by atoms with E-state index in [-0.39, 0.29) is 12.0 Å². The Morgan fingerprint density at radius 1 is 1.17 bits per heavy atom. The minimum atomic E-state index is 0.121. The van der Waals surface area contributed by atoms with Crippen LogP contribution in [0.2, 0.25) is 0 Å². The normalized spacial score (nSPS) is 22.6. The lowest BCUT2D eigenvalue weighted by molar-refractivity contribution is 0.0756. The van der Waals surface area contributed by atoms with Crippen LogP contribution in [0, 0.1) is 0 Å². The van der Waals surface area contributed by atoms with Gasteiger partial charge in [-0.2, -0.15) is 0 Å². The number of hydrogen-bond donors (Lipinski definition) is 0. The van der Waals surface area contributed by atoms with E-state index in [1.807, 2.05) is 43.0 Å². The molecule has 5 nitrogen and oxygen atoms in total. The molecule has 0 N–H and O–H groups in total. The van der Waals surface area contributed by atoms with E-state index in [1.165, 1.54) is 0 Å². The standard InChI is InChI=1S/C19H28N2O3/c1-15(2)24-18-6-4-16(5-7-18)19(22)21-10-3-9-20(11-12-21)17-8-13-23-14-17/h4-7,15,17H,3,8-14H2,1-2H3. The van der Waals surface area contributed by atoms with Crippen LogP contribution in [0.4, 0.5) is 0 Å². The summed E-state index contributed by atoms with van der Waals surface area (Å²) in [6, 6.07) is 8.04. The van der Waals surface area contributed by atoms with Crippen molar-refractivity contribution in [3.63, 3.8) is 0 Å². The van der Waals surface area contributed by atoms with Gasteiger partial charge in [-0.05, 0) is 51.0 Å². The predicted molar refractivity (Wildman–Crippen MR) is 93.5 cm³/mol. The zero-order valence-corrected chi connectivity index (χ0v) is 14.7. The van der Waals surface area contributed by atoms with Gasteiger partial charge in [-0.3, -0.25) is 9.69 Å². The van der Waals surface area contributed by atoms with E-state index >= 15 is 0 Å². The van der Waals surface area contributed by atoms with Crippen LogP contribution in [-0.4, -0.2) is 67.2 Å². The van der Waals surface area contributed by atoms with Crippen LogP contribution in [0.1, 0.15) is 37.0 Å². The van der Waals surface area contributed by atoms with Crippen LogP contribution in [0.25, 0.3) is 0 Å². The fourth-order valence-electron chi connectivity index (χ4n) is 3.45. The second-order valence-electron chi connectivity index (χ2n) is 6.89. The van der Waals surface area contributed by atoms with E-state index in [0.717, 1.165) is 63.5 Å². The third-order valence-electron chi connectivity index (χ3n) is 4.71. The van der Waals surface area contributed by atoms with E-state index in [9.17, 15) is 4.79 Å². The molecular formula is C19H28N2O3. The maximum absolute atomic E-state index is 12.8. The van der Waals surface area contributed by atoms with Gasteiger partial charge in [0.25, 0.3) is 5.91 Å². The number of carbonyl (C=O) groups excluding carboxylic acids is 1. The number of carbonyl (C=O) groups is 1. The average molecular weight is 332 g/mol. The molecule has 0 aromatic heterocycles. The number of rotatable bonds is 4. The zero-order chi connectivity index (χ0) is 16.9. The molecule has 2 saturated heterocycles. The Morgan fingerprint density at radius 2 is 1.96 bits per heavy atom. The molecule has 1 aromatic carbocycles.